The second-order valence-corrected chi connectivity index (χ2v) is 9.95. The molecule has 1 atom stereocenters. The third kappa shape index (κ3) is 6.76. The lowest BCUT2D eigenvalue weighted by Crippen LogP contribution is -2.45. The molecule has 202 valence electrons. The SMILES string of the molecule is CCC(=O)NC(CCN1CCC2(CC1)CCN(Cc1ccc(OC)cc1)C2=O)c1ccccc1OC.Cl. The molecule has 2 amide bonds. The van der Waals surface area contributed by atoms with Crippen molar-refractivity contribution in [3.8, 4) is 11.5 Å². The van der Waals surface area contributed by atoms with E-state index < -0.39 is 0 Å². The van der Waals surface area contributed by atoms with Crippen molar-refractivity contribution in [2.45, 2.75) is 51.6 Å². The maximum Gasteiger partial charge on any atom is 0.229 e. The largest absolute Gasteiger partial charge is 0.497 e. The van der Waals surface area contributed by atoms with Crippen LogP contribution < -0.4 is 14.8 Å². The van der Waals surface area contributed by atoms with Gasteiger partial charge < -0.3 is 24.6 Å². The molecule has 1 unspecified atom stereocenters. The van der Waals surface area contributed by atoms with Gasteiger partial charge in [0.05, 0.1) is 25.7 Å². The Kier molecular flexibility index (Phi) is 10.2. The van der Waals surface area contributed by atoms with E-state index in [4.69, 9.17) is 9.47 Å². The van der Waals surface area contributed by atoms with Crippen LogP contribution in [-0.4, -0.2) is 62.0 Å². The van der Waals surface area contributed by atoms with Gasteiger partial charge in [0.25, 0.3) is 0 Å². The van der Waals surface area contributed by atoms with Gasteiger partial charge in [-0.3, -0.25) is 9.59 Å². The molecule has 1 N–H and O–H groups in total. The molecule has 0 aliphatic carbocycles. The molecule has 0 aromatic heterocycles. The molecule has 2 aromatic carbocycles. The molecule has 2 saturated heterocycles. The van der Waals surface area contributed by atoms with E-state index >= 15 is 0 Å². The molecule has 0 radical (unpaired) electrons. The minimum atomic E-state index is -0.221. The van der Waals surface area contributed by atoms with Crippen LogP contribution >= 0.6 is 12.4 Å². The highest BCUT2D eigenvalue weighted by Crippen LogP contribution is 2.42. The summed E-state index contributed by atoms with van der Waals surface area (Å²) in [4.78, 5) is 30.1. The Morgan fingerprint density at radius 3 is 2.32 bits per heavy atom. The number of methoxy groups -OCH3 is 2. The van der Waals surface area contributed by atoms with Gasteiger partial charge in [-0.25, -0.2) is 0 Å². The Morgan fingerprint density at radius 2 is 1.68 bits per heavy atom. The maximum absolute atomic E-state index is 13.4. The van der Waals surface area contributed by atoms with Crippen molar-refractivity contribution in [3.05, 3.63) is 59.7 Å². The number of rotatable bonds is 10. The molecule has 7 nitrogen and oxygen atoms in total. The second kappa shape index (κ2) is 13.2. The monoisotopic (exact) mass is 529 g/mol. The highest BCUT2D eigenvalue weighted by molar-refractivity contribution is 5.85. The molecule has 0 bridgehead atoms. The van der Waals surface area contributed by atoms with E-state index in [1.165, 1.54) is 0 Å². The summed E-state index contributed by atoms with van der Waals surface area (Å²) in [7, 11) is 3.33. The number of nitrogens with zero attached hydrogens (tertiary/aromatic N) is 2. The van der Waals surface area contributed by atoms with Crippen LogP contribution in [0.4, 0.5) is 0 Å². The molecular weight excluding hydrogens is 490 g/mol. The lowest BCUT2D eigenvalue weighted by molar-refractivity contribution is -0.139. The van der Waals surface area contributed by atoms with Gasteiger partial charge in [0, 0.05) is 31.6 Å². The zero-order valence-electron chi connectivity index (χ0n) is 22.2. The van der Waals surface area contributed by atoms with E-state index in [0.29, 0.717) is 18.9 Å². The van der Waals surface area contributed by atoms with Gasteiger partial charge >= 0.3 is 0 Å². The average molecular weight is 530 g/mol. The third-order valence-electron chi connectivity index (χ3n) is 7.85. The number of nitrogens with one attached hydrogen (secondary N) is 1. The van der Waals surface area contributed by atoms with Crippen molar-refractivity contribution in [2.24, 2.45) is 5.41 Å². The molecule has 4 rings (SSSR count). The highest BCUT2D eigenvalue weighted by atomic mass is 35.5. The number of ether oxygens (including phenoxy) is 2. The van der Waals surface area contributed by atoms with E-state index in [-0.39, 0.29) is 29.8 Å². The Morgan fingerprint density at radius 1 is 1.00 bits per heavy atom. The summed E-state index contributed by atoms with van der Waals surface area (Å²) in [5.74, 6) is 1.97. The summed E-state index contributed by atoms with van der Waals surface area (Å²) in [5, 5.41) is 3.17. The number of para-hydroxylation sites is 1. The fraction of sp³-hybridized carbons (Fsp3) is 0.517. The van der Waals surface area contributed by atoms with Crippen LogP contribution in [-0.2, 0) is 16.1 Å². The van der Waals surface area contributed by atoms with E-state index in [1.54, 1.807) is 14.2 Å². The Balaban J connectivity index is 0.00000380. The first-order valence-corrected chi connectivity index (χ1v) is 13.0. The molecule has 2 heterocycles. The number of carbonyl (C=O) groups excluding carboxylic acids is 2. The zero-order valence-corrected chi connectivity index (χ0v) is 23.0. The predicted octanol–water partition coefficient (Wildman–Crippen LogP) is 4.60. The summed E-state index contributed by atoms with van der Waals surface area (Å²) in [5.41, 5.74) is 1.92. The van der Waals surface area contributed by atoms with Crippen molar-refractivity contribution in [1.29, 1.82) is 0 Å². The number of piperidine rings is 1. The second-order valence-electron chi connectivity index (χ2n) is 9.95. The zero-order chi connectivity index (χ0) is 25.5. The summed E-state index contributed by atoms with van der Waals surface area (Å²) in [6.45, 7) is 6.03. The van der Waals surface area contributed by atoms with Crippen LogP contribution in [0.15, 0.2) is 48.5 Å². The molecule has 2 aliphatic heterocycles. The fourth-order valence-corrected chi connectivity index (χ4v) is 5.53. The van der Waals surface area contributed by atoms with Crippen LogP contribution in [0.25, 0.3) is 0 Å². The number of amides is 2. The van der Waals surface area contributed by atoms with Crippen LogP contribution in [0.3, 0.4) is 0 Å². The Bertz CT molecular complexity index is 1040. The molecule has 8 heteroatoms. The van der Waals surface area contributed by atoms with Gasteiger partial charge in [-0.1, -0.05) is 37.3 Å². The smallest absolute Gasteiger partial charge is 0.229 e. The predicted molar refractivity (Wildman–Crippen MR) is 147 cm³/mol. The summed E-state index contributed by atoms with van der Waals surface area (Å²) in [6.07, 6.45) is 3.98. The minimum Gasteiger partial charge on any atom is -0.497 e. The number of hydrogen-bond donors (Lipinski definition) is 1. The maximum atomic E-state index is 13.4. The third-order valence-corrected chi connectivity index (χ3v) is 7.85. The van der Waals surface area contributed by atoms with Gasteiger partial charge in [-0.15, -0.1) is 12.4 Å². The first-order chi connectivity index (χ1) is 17.5. The van der Waals surface area contributed by atoms with Crippen LogP contribution in [0.1, 0.15) is 56.2 Å². The van der Waals surface area contributed by atoms with Crippen molar-refractivity contribution in [3.63, 3.8) is 0 Å². The quantitative estimate of drug-likeness (QED) is 0.487. The topological polar surface area (TPSA) is 71.1 Å². The van der Waals surface area contributed by atoms with Crippen molar-refractivity contribution in [1.82, 2.24) is 15.1 Å². The van der Waals surface area contributed by atoms with Crippen molar-refractivity contribution in [2.75, 3.05) is 40.4 Å². The standard InChI is InChI=1S/C29H39N3O4.ClH/c1-4-27(33)30-25(24-7-5-6-8-26(24)36-3)13-17-31-18-14-29(15-19-31)16-20-32(28(29)34)21-22-9-11-23(35-2)12-10-22;/h5-12,25H,4,13-21H2,1-3H3,(H,30,33);1H. The molecule has 2 aromatic rings. The number of halogens is 1. The fourth-order valence-electron chi connectivity index (χ4n) is 5.53. The summed E-state index contributed by atoms with van der Waals surface area (Å²) < 4.78 is 10.8. The first-order valence-electron chi connectivity index (χ1n) is 13.0. The molecule has 2 aliphatic rings. The molecule has 2 fully saturated rings. The summed E-state index contributed by atoms with van der Waals surface area (Å²) in [6, 6.07) is 15.8. The molecular formula is C29H40ClN3O4. The average Bonchev–Trinajstić information content (AvgIpc) is 3.21. The number of likely N-dealkylation sites (tertiary alicyclic amines) is 2. The lowest BCUT2D eigenvalue weighted by Gasteiger charge is -2.38. The molecule has 37 heavy (non-hydrogen) atoms. The molecule has 1 spiro atoms. The van der Waals surface area contributed by atoms with Crippen molar-refractivity contribution >= 4 is 24.2 Å². The van der Waals surface area contributed by atoms with Gasteiger partial charge in [-0.2, -0.15) is 0 Å². The van der Waals surface area contributed by atoms with E-state index in [0.717, 1.165) is 74.5 Å². The highest BCUT2D eigenvalue weighted by Gasteiger charge is 2.47. The number of hydrogen-bond acceptors (Lipinski definition) is 5. The van der Waals surface area contributed by atoms with E-state index in [2.05, 4.69) is 10.2 Å². The van der Waals surface area contributed by atoms with Crippen LogP contribution in [0, 0.1) is 5.41 Å². The first kappa shape index (κ1) is 28.8. The Hall–Kier alpha value is -2.77. The van der Waals surface area contributed by atoms with Crippen molar-refractivity contribution < 1.29 is 19.1 Å². The van der Waals surface area contributed by atoms with Gasteiger partial charge in [0.2, 0.25) is 11.8 Å². The summed E-state index contributed by atoms with van der Waals surface area (Å²) >= 11 is 0. The van der Waals surface area contributed by atoms with Gasteiger partial charge in [0.15, 0.2) is 0 Å². The number of carbonyl (C=O) groups is 2. The van der Waals surface area contributed by atoms with Crippen LogP contribution in [0.5, 0.6) is 11.5 Å². The molecule has 0 saturated carbocycles. The van der Waals surface area contributed by atoms with Crippen LogP contribution in [0.2, 0.25) is 0 Å². The minimum absolute atomic E-state index is 0. The van der Waals surface area contributed by atoms with E-state index in [9.17, 15) is 9.59 Å². The van der Waals surface area contributed by atoms with Gasteiger partial charge in [-0.05, 0) is 62.5 Å². The lowest BCUT2D eigenvalue weighted by atomic mass is 9.77. The normalized spacial score (nSPS) is 17.8. The number of benzene rings is 2. The Labute approximate surface area is 226 Å². The van der Waals surface area contributed by atoms with Gasteiger partial charge in [0.1, 0.15) is 11.5 Å². The van der Waals surface area contributed by atoms with E-state index in [1.807, 2.05) is 60.4 Å².